The van der Waals surface area contributed by atoms with Crippen molar-refractivity contribution in [1.82, 2.24) is 25.5 Å². The lowest BCUT2D eigenvalue weighted by Gasteiger charge is -2.14. The molecule has 0 bridgehead atoms. The van der Waals surface area contributed by atoms with Crippen molar-refractivity contribution in [2.75, 3.05) is 5.32 Å². The second-order valence-corrected chi connectivity index (χ2v) is 7.31. The summed E-state index contributed by atoms with van der Waals surface area (Å²) >= 11 is 1.33. The zero-order valence-electron chi connectivity index (χ0n) is 14.6. The minimum Gasteiger partial charge on any atom is -0.344 e. The number of nitrogens with zero attached hydrogens (tertiary/aromatic N) is 3. The van der Waals surface area contributed by atoms with Gasteiger partial charge >= 0.3 is 0 Å². The summed E-state index contributed by atoms with van der Waals surface area (Å²) in [4.78, 5) is 32.6. The Morgan fingerprint density at radius 2 is 2.04 bits per heavy atom. The Labute approximate surface area is 159 Å². The molecule has 0 unspecified atom stereocenters. The number of aromatic amines is 1. The molecule has 3 aromatic rings. The van der Waals surface area contributed by atoms with Crippen LogP contribution in [-0.2, 0) is 4.79 Å². The summed E-state index contributed by atoms with van der Waals surface area (Å²) in [5.41, 5.74) is 2.05. The number of carbonyl (C=O) groups is 2. The largest absolute Gasteiger partial charge is 0.344 e. The van der Waals surface area contributed by atoms with Gasteiger partial charge in [0.2, 0.25) is 5.91 Å². The third-order valence-electron chi connectivity index (χ3n) is 4.33. The van der Waals surface area contributed by atoms with Crippen LogP contribution in [0, 0.1) is 5.92 Å². The third-order valence-corrected chi connectivity index (χ3v) is 5.18. The highest BCUT2D eigenvalue weighted by Crippen LogP contribution is 2.30. The molecule has 138 valence electrons. The Morgan fingerprint density at radius 1 is 1.26 bits per heavy atom. The third kappa shape index (κ3) is 4.03. The number of anilines is 1. The van der Waals surface area contributed by atoms with E-state index in [2.05, 4.69) is 30.8 Å². The minimum atomic E-state index is -0.254. The van der Waals surface area contributed by atoms with Gasteiger partial charge < -0.3 is 10.6 Å². The van der Waals surface area contributed by atoms with E-state index in [-0.39, 0.29) is 23.8 Å². The summed E-state index contributed by atoms with van der Waals surface area (Å²) in [6, 6.07) is 7.30. The van der Waals surface area contributed by atoms with Crippen molar-refractivity contribution in [1.29, 1.82) is 0 Å². The number of amides is 2. The van der Waals surface area contributed by atoms with Crippen LogP contribution in [0.1, 0.15) is 41.9 Å². The molecule has 4 rings (SSSR count). The van der Waals surface area contributed by atoms with Crippen molar-refractivity contribution >= 4 is 28.8 Å². The van der Waals surface area contributed by atoms with E-state index >= 15 is 0 Å². The van der Waals surface area contributed by atoms with Gasteiger partial charge in [-0.1, -0.05) is 12.1 Å². The topological polar surface area (TPSA) is 113 Å². The molecule has 1 saturated carbocycles. The van der Waals surface area contributed by atoms with E-state index in [0.717, 1.165) is 24.1 Å². The second-order valence-electron chi connectivity index (χ2n) is 6.45. The molecule has 0 radical (unpaired) electrons. The van der Waals surface area contributed by atoms with Crippen LogP contribution in [0.4, 0.5) is 5.69 Å². The van der Waals surface area contributed by atoms with Gasteiger partial charge in [-0.2, -0.15) is 5.10 Å². The molecule has 0 aliphatic heterocycles. The van der Waals surface area contributed by atoms with E-state index in [1.807, 2.05) is 31.2 Å². The van der Waals surface area contributed by atoms with Crippen LogP contribution in [0.2, 0.25) is 0 Å². The first-order chi connectivity index (χ1) is 13.1. The van der Waals surface area contributed by atoms with Gasteiger partial charge in [-0.15, -0.1) is 11.3 Å². The van der Waals surface area contributed by atoms with Gasteiger partial charge in [0, 0.05) is 17.0 Å². The van der Waals surface area contributed by atoms with Crippen LogP contribution < -0.4 is 10.6 Å². The molecule has 1 fully saturated rings. The van der Waals surface area contributed by atoms with E-state index in [1.54, 1.807) is 5.38 Å². The van der Waals surface area contributed by atoms with Crippen molar-refractivity contribution in [3.63, 3.8) is 0 Å². The van der Waals surface area contributed by atoms with Gasteiger partial charge in [0.1, 0.15) is 12.0 Å². The zero-order valence-corrected chi connectivity index (χ0v) is 15.4. The van der Waals surface area contributed by atoms with E-state index in [1.165, 1.54) is 17.7 Å². The SMILES string of the molecule is C[C@@H](NC(=O)c1csc(-c2ncn[nH]2)n1)c1ccc(NC(=O)C2CC2)cc1. The predicted molar refractivity (Wildman–Crippen MR) is 101 cm³/mol. The monoisotopic (exact) mass is 382 g/mol. The highest BCUT2D eigenvalue weighted by Gasteiger charge is 2.29. The fraction of sp³-hybridized carbons (Fsp3) is 0.278. The molecule has 1 atom stereocenters. The molecule has 1 aliphatic carbocycles. The first kappa shape index (κ1) is 17.3. The van der Waals surface area contributed by atoms with E-state index in [0.29, 0.717) is 16.5 Å². The number of thiazole rings is 1. The van der Waals surface area contributed by atoms with Crippen LogP contribution in [-0.4, -0.2) is 32.0 Å². The first-order valence-electron chi connectivity index (χ1n) is 8.63. The number of H-pyrrole nitrogens is 1. The van der Waals surface area contributed by atoms with Gasteiger partial charge in [-0.25, -0.2) is 9.97 Å². The van der Waals surface area contributed by atoms with Crippen molar-refractivity contribution < 1.29 is 9.59 Å². The minimum absolute atomic E-state index is 0.0789. The summed E-state index contributed by atoms with van der Waals surface area (Å²) in [7, 11) is 0. The molecule has 9 heteroatoms. The maximum atomic E-state index is 12.4. The Kier molecular flexibility index (Phi) is 4.68. The lowest BCUT2D eigenvalue weighted by molar-refractivity contribution is -0.117. The molecule has 8 nitrogen and oxygen atoms in total. The first-order valence-corrected chi connectivity index (χ1v) is 9.51. The molecule has 0 saturated heterocycles. The van der Waals surface area contributed by atoms with E-state index in [9.17, 15) is 9.59 Å². The summed E-state index contributed by atoms with van der Waals surface area (Å²) in [6.45, 7) is 1.90. The van der Waals surface area contributed by atoms with Crippen molar-refractivity contribution in [2.24, 2.45) is 5.92 Å². The number of benzene rings is 1. The summed E-state index contributed by atoms with van der Waals surface area (Å²) in [5.74, 6) is 0.532. The summed E-state index contributed by atoms with van der Waals surface area (Å²) in [5, 5.41) is 14.6. The van der Waals surface area contributed by atoms with Crippen LogP contribution in [0.25, 0.3) is 10.8 Å². The molecule has 2 heterocycles. The van der Waals surface area contributed by atoms with Gasteiger partial charge in [0.25, 0.3) is 5.91 Å². The van der Waals surface area contributed by atoms with E-state index < -0.39 is 0 Å². The van der Waals surface area contributed by atoms with Gasteiger partial charge in [-0.3, -0.25) is 14.7 Å². The number of aromatic nitrogens is 4. The Bertz CT molecular complexity index is 947. The zero-order chi connectivity index (χ0) is 18.8. The highest BCUT2D eigenvalue weighted by molar-refractivity contribution is 7.13. The van der Waals surface area contributed by atoms with Gasteiger partial charge in [-0.05, 0) is 37.5 Å². The number of rotatable bonds is 6. The van der Waals surface area contributed by atoms with Crippen LogP contribution in [0.15, 0.2) is 36.0 Å². The van der Waals surface area contributed by atoms with Crippen LogP contribution in [0.5, 0.6) is 0 Å². The summed E-state index contributed by atoms with van der Waals surface area (Å²) in [6.07, 6.45) is 3.35. The second kappa shape index (κ2) is 7.28. The molecular formula is C18H18N6O2S. The van der Waals surface area contributed by atoms with Crippen molar-refractivity contribution in [3.8, 4) is 10.8 Å². The fourth-order valence-corrected chi connectivity index (χ4v) is 3.34. The van der Waals surface area contributed by atoms with Crippen LogP contribution in [0.3, 0.4) is 0 Å². The smallest absolute Gasteiger partial charge is 0.271 e. The number of hydrogen-bond donors (Lipinski definition) is 3. The normalized spacial score (nSPS) is 14.6. The average molecular weight is 382 g/mol. The lowest BCUT2D eigenvalue weighted by Crippen LogP contribution is -2.26. The molecule has 2 aromatic heterocycles. The average Bonchev–Trinajstić information content (AvgIpc) is 3.17. The van der Waals surface area contributed by atoms with Crippen molar-refractivity contribution in [2.45, 2.75) is 25.8 Å². The number of carbonyl (C=O) groups excluding carboxylic acids is 2. The molecular weight excluding hydrogens is 364 g/mol. The lowest BCUT2D eigenvalue weighted by atomic mass is 10.1. The molecule has 0 spiro atoms. The van der Waals surface area contributed by atoms with Crippen LogP contribution >= 0.6 is 11.3 Å². The Hall–Kier alpha value is -3.07. The van der Waals surface area contributed by atoms with Gasteiger partial charge in [0.05, 0.1) is 6.04 Å². The number of nitrogens with one attached hydrogen (secondary N) is 3. The maximum Gasteiger partial charge on any atom is 0.271 e. The summed E-state index contributed by atoms with van der Waals surface area (Å²) < 4.78 is 0. The maximum absolute atomic E-state index is 12.4. The molecule has 1 aromatic carbocycles. The highest BCUT2D eigenvalue weighted by atomic mass is 32.1. The van der Waals surface area contributed by atoms with Crippen molar-refractivity contribution in [3.05, 3.63) is 47.2 Å². The fourth-order valence-electron chi connectivity index (χ4n) is 2.59. The quantitative estimate of drug-likeness (QED) is 0.607. The molecule has 27 heavy (non-hydrogen) atoms. The predicted octanol–water partition coefficient (Wildman–Crippen LogP) is 2.77. The standard InChI is InChI=1S/C18H18N6O2S/c1-10(11-4-6-13(7-5-11)22-16(25)12-2-3-12)21-17(26)14-8-27-18(23-14)15-19-9-20-24-15/h4-10,12H,2-3H2,1H3,(H,21,26)(H,22,25)(H,19,20,24)/t10-/m1/s1. The number of hydrogen-bond acceptors (Lipinski definition) is 6. The molecule has 3 N–H and O–H groups in total. The van der Waals surface area contributed by atoms with E-state index in [4.69, 9.17) is 0 Å². The molecule has 2 amide bonds. The Morgan fingerprint density at radius 3 is 2.70 bits per heavy atom. The molecule has 1 aliphatic rings. The Balaban J connectivity index is 1.37. The van der Waals surface area contributed by atoms with Gasteiger partial charge in [0.15, 0.2) is 10.8 Å².